The van der Waals surface area contributed by atoms with Gasteiger partial charge in [0, 0.05) is 53.1 Å². The third-order valence-electron chi connectivity index (χ3n) is 12.2. The molecule has 372 valence electrons. The summed E-state index contributed by atoms with van der Waals surface area (Å²) in [5, 5.41) is 0. The number of hydrogen-bond donors (Lipinski definition) is 0. The molecular weight excluding hydrogens is 767 g/mol. The molecule has 0 aromatic carbocycles. The molecule has 0 spiro atoms. The van der Waals surface area contributed by atoms with Gasteiger partial charge in [-0.25, -0.2) is 4.79 Å². The number of amides is 3. The molecule has 0 aromatic heterocycles. The highest BCUT2D eigenvalue weighted by Crippen LogP contribution is 2.24. The van der Waals surface area contributed by atoms with Crippen molar-refractivity contribution in [3.8, 4) is 0 Å². The van der Waals surface area contributed by atoms with E-state index in [1.807, 2.05) is 77.3 Å². The van der Waals surface area contributed by atoms with Crippen LogP contribution in [0.15, 0.2) is 0 Å². The Hall–Kier alpha value is -1.79. The first-order chi connectivity index (χ1) is 29.9. The van der Waals surface area contributed by atoms with E-state index < -0.39 is 5.60 Å². The SMILES string of the molecule is CC.CC.CCCCCC(CCCCC)CCCN(C)C(=O)CCCCCCCN(CCCCCCCC(=O)N(C)CCCC(CCCCC)CCCCC)C(=O)OC(C)(C)C. The number of ether oxygens (including phenoxy) is 1. The Kier molecular flexibility index (Phi) is 49.1. The maximum atomic E-state index is 13.0. The Bertz CT molecular complexity index is 885. The van der Waals surface area contributed by atoms with Crippen molar-refractivity contribution in [1.82, 2.24) is 14.7 Å². The standard InChI is InChI=1S/C51H101N3O4.2C2H6/c1-10-14-24-34-46(35-25-15-11-2)38-32-42-52(8)48(55)40-28-20-18-22-30-44-54(50(57)58-51(5,6)7)45-31-23-19-21-29-41-49(56)53(9)43-33-39-47(36-26-16-12-3)37-27-17-13-4;2*1-2/h46-47H,10-45H2,1-9H3;2*1-2H3. The molecule has 0 atom stereocenters. The van der Waals surface area contributed by atoms with Crippen LogP contribution in [0, 0.1) is 11.8 Å². The highest BCUT2D eigenvalue weighted by atomic mass is 16.6. The van der Waals surface area contributed by atoms with Crippen LogP contribution in [0.4, 0.5) is 4.79 Å². The molecular formula is C55H113N3O4. The van der Waals surface area contributed by atoms with E-state index in [9.17, 15) is 14.4 Å². The summed E-state index contributed by atoms with van der Waals surface area (Å²) in [7, 11) is 3.97. The summed E-state index contributed by atoms with van der Waals surface area (Å²) >= 11 is 0. The van der Waals surface area contributed by atoms with Gasteiger partial charge in [0.25, 0.3) is 0 Å². The molecule has 0 aliphatic heterocycles. The largest absolute Gasteiger partial charge is 0.444 e. The fraction of sp³-hybridized carbons (Fsp3) is 0.945. The van der Waals surface area contributed by atoms with E-state index in [-0.39, 0.29) is 17.9 Å². The van der Waals surface area contributed by atoms with E-state index in [2.05, 4.69) is 27.7 Å². The number of hydrogen-bond acceptors (Lipinski definition) is 4. The van der Waals surface area contributed by atoms with Crippen LogP contribution in [0.25, 0.3) is 0 Å². The lowest BCUT2D eigenvalue weighted by Gasteiger charge is -2.27. The topological polar surface area (TPSA) is 70.2 Å². The van der Waals surface area contributed by atoms with Crippen LogP contribution in [0.1, 0.15) is 282 Å². The van der Waals surface area contributed by atoms with Crippen LogP contribution < -0.4 is 0 Å². The fourth-order valence-corrected chi connectivity index (χ4v) is 8.30. The normalized spacial score (nSPS) is 11.2. The zero-order chi connectivity index (χ0) is 47.3. The third kappa shape index (κ3) is 42.2. The summed E-state index contributed by atoms with van der Waals surface area (Å²) in [6.07, 6.45) is 37.3. The Labute approximate surface area is 389 Å². The average molecular weight is 881 g/mol. The summed E-state index contributed by atoms with van der Waals surface area (Å²) in [5.41, 5.74) is -0.509. The third-order valence-corrected chi connectivity index (χ3v) is 12.2. The molecule has 7 heteroatoms. The lowest BCUT2D eigenvalue weighted by molar-refractivity contribution is -0.130. The van der Waals surface area contributed by atoms with Crippen molar-refractivity contribution in [2.45, 2.75) is 287 Å². The number of rotatable bonds is 40. The number of unbranched alkanes of at least 4 members (excludes halogenated alkanes) is 16. The van der Waals surface area contributed by atoms with Crippen molar-refractivity contribution in [2.24, 2.45) is 11.8 Å². The number of carbonyl (C=O) groups excluding carboxylic acids is 3. The van der Waals surface area contributed by atoms with Crippen molar-refractivity contribution in [3.05, 3.63) is 0 Å². The van der Waals surface area contributed by atoms with Gasteiger partial charge in [0.15, 0.2) is 0 Å². The van der Waals surface area contributed by atoms with Gasteiger partial charge < -0.3 is 19.4 Å². The first-order valence-electron chi connectivity index (χ1n) is 27.3. The van der Waals surface area contributed by atoms with Crippen molar-refractivity contribution in [3.63, 3.8) is 0 Å². The van der Waals surface area contributed by atoms with E-state index in [0.717, 1.165) is 102 Å². The van der Waals surface area contributed by atoms with Gasteiger partial charge in [0.1, 0.15) is 5.60 Å². The quantitative estimate of drug-likeness (QED) is 0.0575. The van der Waals surface area contributed by atoms with Crippen molar-refractivity contribution < 1.29 is 19.1 Å². The number of carbonyl (C=O) groups is 3. The van der Waals surface area contributed by atoms with Crippen LogP contribution in [-0.2, 0) is 14.3 Å². The summed E-state index contributed by atoms with van der Waals surface area (Å²) in [6.45, 7) is 26.1. The molecule has 0 saturated heterocycles. The van der Waals surface area contributed by atoms with Crippen molar-refractivity contribution in [1.29, 1.82) is 0 Å². The summed E-state index contributed by atoms with van der Waals surface area (Å²) in [6, 6.07) is 0. The van der Waals surface area contributed by atoms with E-state index in [0.29, 0.717) is 25.9 Å². The maximum absolute atomic E-state index is 13.0. The van der Waals surface area contributed by atoms with Gasteiger partial charge in [0.05, 0.1) is 0 Å². The zero-order valence-electron chi connectivity index (χ0n) is 44.6. The summed E-state index contributed by atoms with van der Waals surface area (Å²) in [4.78, 5) is 44.5. The molecule has 0 aromatic rings. The molecule has 0 saturated carbocycles. The second-order valence-corrected chi connectivity index (χ2v) is 19.1. The van der Waals surface area contributed by atoms with Gasteiger partial charge >= 0.3 is 6.09 Å². The first-order valence-corrected chi connectivity index (χ1v) is 27.3. The van der Waals surface area contributed by atoms with Gasteiger partial charge in [-0.2, -0.15) is 0 Å². The monoisotopic (exact) mass is 880 g/mol. The molecule has 3 amide bonds. The molecule has 0 N–H and O–H groups in total. The minimum Gasteiger partial charge on any atom is -0.444 e. The molecule has 0 heterocycles. The van der Waals surface area contributed by atoms with Crippen LogP contribution in [0.3, 0.4) is 0 Å². The van der Waals surface area contributed by atoms with Gasteiger partial charge in [0.2, 0.25) is 11.8 Å². The number of nitrogens with zero attached hydrogens (tertiary/aromatic N) is 3. The fourth-order valence-electron chi connectivity index (χ4n) is 8.30. The first kappa shape index (κ1) is 64.5. The highest BCUT2D eigenvalue weighted by molar-refractivity contribution is 5.76. The van der Waals surface area contributed by atoms with Crippen LogP contribution in [-0.4, -0.2) is 78.5 Å². The molecule has 0 radical (unpaired) electrons. The van der Waals surface area contributed by atoms with Gasteiger partial charge in [-0.05, 0) is 84.0 Å². The van der Waals surface area contributed by atoms with E-state index in [1.165, 1.54) is 116 Å². The van der Waals surface area contributed by atoms with E-state index in [1.54, 1.807) is 0 Å². The second-order valence-electron chi connectivity index (χ2n) is 19.1. The van der Waals surface area contributed by atoms with Gasteiger partial charge in [-0.15, -0.1) is 0 Å². The molecule has 0 aliphatic rings. The Balaban J connectivity index is -0.00000843. The zero-order valence-corrected chi connectivity index (χ0v) is 44.6. The van der Waals surface area contributed by atoms with Gasteiger partial charge in [-0.3, -0.25) is 9.59 Å². The Morgan fingerprint density at radius 1 is 0.403 bits per heavy atom. The van der Waals surface area contributed by atoms with Crippen LogP contribution >= 0.6 is 0 Å². The minimum absolute atomic E-state index is 0.212. The summed E-state index contributed by atoms with van der Waals surface area (Å²) < 4.78 is 5.76. The molecule has 0 aliphatic carbocycles. The molecule has 7 nitrogen and oxygen atoms in total. The second kappa shape index (κ2) is 47.2. The van der Waals surface area contributed by atoms with E-state index in [4.69, 9.17) is 4.74 Å². The molecule has 0 rings (SSSR count). The van der Waals surface area contributed by atoms with Crippen LogP contribution in [0.2, 0.25) is 0 Å². The highest BCUT2D eigenvalue weighted by Gasteiger charge is 2.22. The molecule has 0 bridgehead atoms. The van der Waals surface area contributed by atoms with Crippen molar-refractivity contribution in [2.75, 3.05) is 40.3 Å². The molecule has 62 heavy (non-hydrogen) atoms. The minimum atomic E-state index is -0.509. The van der Waals surface area contributed by atoms with Crippen LogP contribution in [0.5, 0.6) is 0 Å². The maximum Gasteiger partial charge on any atom is 0.410 e. The Morgan fingerprint density at radius 2 is 0.694 bits per heavy atom. The van der Waals surface area contributed by atoms with E-state index >= 15 is 0 Å². The average Bonchev–Trinajstić information content (AvgIpc) is 3.25. The lowest BCUT2D eigenvalue weighted by Crippen LogP contribution is -2.38. The smallest absolute Gasteiger partial charge is 0.410 e. The predicted octanol–water partition coefficient (Wildman–Crippen LogP) is 17.0. The predicted molar refractivity (Wildman–Crippen MR) is 273 cm³/mol. The lowest BCUT2D eigenvalue weighted by atomic mass is 9.91. The van der Waals surface area contributed by atoms with Crippen molar-refractivity contribution >= 4 is 17.9 Å². The van der Waals surface area contributed by atoms with Gasteiger partial charge in [-0.1, -0.05) is 197 Å². The molecule has 0 fully saturated rings. The summed E-state index contributed by atoms with van der Waals surface area (Å²) in [5.74, 6) is 2.22. The Morgan fingerprint density at radius 3 is 1.00 bits per heavy atom. The molecule has 0 unspecified atom stereocenters.